The van der Waals surface area contributed by atoms with Crippen LogP contribution in [0.5, 0.6) is 5.75 Å². The number of para-hydroxylation sites is 1. The maximum Gasteiger partial charge on any atom is 0.410 e. The Bertz CT molecular complexity index is 715. The van der Waals surface area contributed by atoms with Crippen LogP contribution < -0.4 is 4.74 Å². The molecule has 0 radical (unpaired) electrons. The first-order valence-corrected chi connectivity index (χ1v) is 9.05. The molecule has 6 heteroatoms. The van der Waals surface area contributed by atoms with Crippen LogP contribution in [0.15, 0.2) is 24.3 Å². The summed E-state index contributed by atoms with van der Waals surface area (Å²) in [6.07, 6.45) is 1.24. The molecule has 1 fully saturated rings. The molecule has 2 heterocycles. The van der Waals surface area contributed by atoms with Crippen LogP contribution in [0.4, 0.5) is 4.79 Å². The molecule has 1 N–H and O–H groups in total. The van der Waals surface area contributed by atoms with Gasteiger partial charge >= 0.3 is 12.1 Å². The number of carboxylic acid groups (broad SMARTS) is 1. The summed E-state index contributed by atoms with van der Waals surface area (Å²) in [5.41, 5.74) is -1.38. The Morgan fingerprint density at radius 2 is 1.81 bits per heavy atom. The Kier molecular flexibility index (Phi) is 4.41. The van der Waals surface area contributed by atoms with Crippen molar-refractivity contribution in [3.8, 4) is 5.75 Å². The molecule has 0 aliphatic carbocycles. The van der Waals surface area contributed by atoms with E-state index in [0.717, 1.165) is 0 Å². The van der Waals surface area contributed by atoms with Gasteiger partial charge in [0.15, 0.2) is 0 Å². The van der Waals surface area contributed by atoms with Crippen molar-refractivity contribution in [1.29, 1.82) is 0 Å². The average Bonchev–Trinajstić information content (AvgIpc) is 2.53. The minimum Gasteiger partial charge on any atom is -0.487 e. The van der Waals surface area contributed by atoms with Gasteiger partial charge < -0.3 is 19.5 Å². The van der Waals surface area contributed by atoms with Crippen molar-refractivity contribution in [3.63, 3.8) is 0 Å². The van der Waals surface area contributed by atoms with Crippen LogP contribution in [0.3, 0.4) is 0 Å². The molecule has 0 saturated carbocycles. The molecule has 0 bridgehead atoms. The van der Waals surface area contributed by atoms with Gasteiger partial charge in [-0.2, -0.15) is 0 Å². The second kappa shape index (κ2) is 6.18. The lowest BCUT2D eigenvalue weighted by atomic mass is 9.68. The van der Waals surface area contributed by atoms with Gasteiger partial charge in [0.25, 0.3) is 0 Å². The van der Waals surface area contributed by atoms with Crippen molar-refractivity contribution in [1.82, 2.24) is 4.90 Å². The number of ether oxygens (including phenoxy) is 2. The summed E-state index contributed by atoms with van der Waals surface area (Å²) in [6.45, 7) is 8.28. The highest BCUT2D eigenvalue weighted by Gasteiger charge is 2.52. The van der Waals surface area contributed by atoms with E-state index in [9.17, 15) is 14.7 Å². The average molecular weight is 361 g/mol. The predicted octanol–water partition coefficient (Wildman–Crippen LogP) is 3.58. The molecule has 1 amide bonds. The molecule has 2 aliphatic rings. The Labute approximate surface area is 154 Å². The molecule has 1 atom stereocenters. The van der Waals surface area contributed by atoms with E-state index in [1.165, 1.54) is 0 Å². The molecule has 1 aromatic carbocycles. The first-order chi connectivity index (χ1) is 12.0. The summed E-state index contributed by atoms with van der Waals surface area (Å²) in [7, 11) is 0. The number of fused-ring (bicyclic) bond motifs is 1. The van der Waals surface area contributed by atoms with E-state index in [2.05, 4.69) is 0 Å². The maximum atomic E-state index is 12.3. The van der Waals surface area contributed by atoms with E-state index in [4.69, 9.17) is 9.47 Å². The Hall–Kier alpha value is -2.24. The fourth-order valence-corrected chi connectivity index (χ4v) is 3.91. The van der Waals surface area contributed by atoms with Crippen molar-refractivity contribution in [2.45, 2.75) is 63.6 Å². The molecular formula is C20H27NO5. The number of benzene rings is 1. The first kappa shape index (κ1) is 18.5. The van der Waals surface area contributed by atoms with Crippen molar-refractivity contribution in [2.75, 3.05) is 13.1 Å². The summed E-state index contributed by atoms with van der Waals surface area (Å²) in [6, 6.07) is 7.35. The van der Waals surface area contributed by atoms with Crippen LogP contribution >= 0.6 is 0 Å². The van der Waals surface area contributed by atoms with Crippen molar-refractivity contribution >= 4 is 12.1 Å². The number of likely N-dealkylation sites (tertiary alicyclic amines) is 1. The number of amides is 1. The second-order valence-electron chi connectivity index (χ2n) is 8.56. The predicted molar refractivity (Wildman–Crippen MR) is 96.4 cm³/mol. The lowest BCUT2D eigenvalue weighted by Crippen LogP contribution is -2.56. The molecule has 1 saturated heterocycles. The Morgan fingerprint density at radius 3 is 2.38 bits per heavy atom. The number of hydrogen-bond donors (Lipinski definition) is 1. The number of carboxylic acids is 1. The SMILES string of the molecule is CC(C)(C)OC(=O)N1CCC2(CC1)CC(C)(C(=O)O)c1ccccc1O2. The number of aliphatic carboxylic acids is 1. The highest BCUT2D eigenvalue weighted by molar-refractivity contribution is 5.82. The molecule has 26 heavy (non-hydrogen) atoms. The van der Waals surface area contributed by atoms with Crippen molar-refractivity contribution in [2.24, 2.45) is 0 Å². The van der Waals surface area contributed by atoms with E-state index in [0.29, 0.717) is 43.7 Å². The minimum absolute atomic E-state index is 0.329. The van der Waals surface area contributed by atoms with Gasteiger partial charge in [0, 0.05) is 37.9 Å². The van der Waals surface area contributed by atoms with E-state index < -0.39 is 22.6 Å². The smallest absolute Gasteiger partial charge is 0.410 e. The molecule has 1 aromatic rings. The lowest BCUT2D eigenvalue weighted by molar-refractivity contribution is -0.148. The maximum absolute atomic E-state index is 12.3. The van der Waals surface area contributed by atoms with Crippen LogP contribution in [0, 0.1) is 0 Å². The largest absolute Gasteiger partial charge is 0.487 e. The third-order valence-corrected chi connectivity index (χ3v) is 5.28. The van der Waals surface area contributed by atoms with Gasteiger partial charge in [-0.15, -0.1) is 0 Å². The third-order valence-electron chi connectivity index (χ3n) is 5.28. The Balaban J connectivity index is 1.79. The molecule has 1 spiro atoms. The second-order valence-corrected chi connectivity index (χ2v) is 8.56. The van der Waals surface area contributed by atoms with Gasteiger partial charge in [-0.05, 0) is 33.8 Å². The summed E-state index contributed by atoms with van der Waals surface area (Å²) < 4.78 is 11.7. The number of hydrogen-bond acceptors (Lipinski definition) is 4. The number of piperidine rings is 1. The van der Waals surface area contributed by atoms with Crippen LogP contribution in [0.25, 0.3) is 0 Å². The zero-order chi connectivity index (χ0) is 19.2. The molecule has 2 aliphatic heterocycles. The van der Waals surface area contributed by atoms with Crippen LogP contribution in [-0.2, 0) is 14.9 Å². The van der Waals surface area contributed by atoms with Gasteiger partial charge in [0.1, 0.15) is 17.0 Å². The summed E-state index contributed by atoms with van der Waals surface area (Å²) in [5.74, 6) is -0.212. The number of nitrogens with zero attached hydrogens (tertiary/aromatic N) is 1. The zero-order valence-corrected chi connectivity index (χ0v) is 15.9. The number of carbonyl (C=O) groups is 2. The lowest BCUT2D eigenvalue weighted by Gasteiger charge is -2.49. The topological polar surface area (TPSA) is 76.1 Å². The molecular weight excluding hydrogens is 334 g/mol. The standard InChI is InChI=1S/C20H27NO5/c1-18(2,3)26-17(24)21-11-9-20(10-12-21)13-19(4,16(22)23)14-7-5-6-8-15(14)25-20/h5-8H,9-13H2,1-4H3,(H,22,23). The molecule has 1 unspecified atom stereocenters. The zero-order valence-electron chi connectivity index (χ0n) is 15.9. The summed E-state index contributed by atoms with van der Waals surface area (Å²) >= 11 is 0. The molecule has 3 rings (SSSR count). The highest BCUT2D eigenvalue weighted by Crippen LogP contribution is 2.48. The van der Waals surface area contributed by atoms with E-state index in [1.54, 1.807) is 11.8 Å². The first-order valence-electron chi connectivity index (χ1n) is 9.05. The Morgan fingerprint density at radius 1 is 1.19 bits per heavy atom. The molecule has 0 aromatic heterocycles. The fourth-order valence-electron chi connectivity index (χ4n) is 3.91. The van der Waals surface area contributed by atoms with Gasteiger partial charge in [0.2, 0.25) is 0 Å². The van der Waals surface area contributed by atoms with Crippen LogP contribution in [0.2, 0.25) is 0 Å². The highest BCUT2D eigenvalue weighted by atomic mass is 16.6. The van der Waals surface area contributed by atoms with Gasteiger partial charge in [-0.1, -0.05) is 18.2 Å². The van der Waals surface area contributed by atoms with Gasteiger partial charge in [-0.25, -0.2) is 4.79 Å². The van der Waals surface area contributed by atoms with Gasteiger partial charge in [-0.3, -0.25) is 4.79 Å². The fraction of sp³-hybridized carbons (Fsp3) is 0.600. The monoisotopic (exact) mass is 361 g/mol. The quantitative estimate of drug-likeness (QED) is 0.827. The third kappa shape index (κ3) is 3.37. The van der Waals surface area contributed by atoms with Gasteiger partial charge in [0.05, 0.1) is 5.41 Å². The molecule has 142 valence electrons. The van der Waals surface area contributed by atoms with E-state index in [-0.39, 0.29) is 6.09 Å². The van der Waals surface area contributed by atoms with Crippen molar-refractivity contribution in [3.05, 3.63) is 29.8 Å². The van der Waals surface area contributed by atoms with E-state index in [1.807, 2.05) is 45.0 Å². The molecule has 6 nitrogen and oxygen atoms in total. The summed E-state index contributed by atoms with van der Waals surface area (Å²) in [4.78, 5) is 26.0. The van der Waals surface area contributed by atoms with Crippen LogP contribution in [0.1, 0.15) is 52.5 Å². The van der Waals surface area contributed by atoms with Crippen molar-refractivity contribution < 1.29 is 24.2 Å². The van der Waals surface area contributed by atoms with Crippen LogP contribution in [-0.4, -0.2) is 46.4 Å². The number of rotatable bonds is 1. The number of carbonyl (C=O) groups excluding carboxylic acids is 1. The normalized spacial score (nSPS) is 24.5. The summed E-state index contributed by atoms with van der Waals surface area (Å²) in [5, 5.41) is 9.89. The minimum atomic E-state index is -0.997. The van der Waals surface area contributed by atoms with E-state index >= 15 is 0 Å².